The quantitative estimate of drug-likeness (QED) is 0.276. The van der Waals surface area contributed by atoms with Gasteiger partial charge in [0.15, 0.2) is 5.84 Å². The summed E-state index contributed by atoms with van der Waals surface area (Å²) in [5.41, 5.74) is 1.11. The molecule has 1 atom stereocenters. The molecule has 0 spiro atoms. The second-order valence-electron chi connectivity index (χ2n) is 4.69. The highest BCUT2D eigenvalue weighted by Crippen LogP contribution is 2.09. The van der Waals surface area contributed by atoms with Crippen LogP contribution in [0.25, 0.3) is 0 Å². The van der Waals surface area contributed by atoms with Crippen LogP contribution >= 0.6 is 0 Å². The van der Waals surface area contributed by atoms with E-state index in [1.807, 2.05) is 44.2 Å². The third-order valence-electron chi connectivity index (χ3n) is 2.92. The van der Waals surface area contributed by atoms with E-state index in [1.54, 1.807) is 0 Å². The summed E-state index contributed by atoms with van der Waals surface area (Å²) < 4.78 is 4.97. The van der Waals surface area contributed by atoms with E-state index in [1.165, 1.54) is 0 Å². The van der Waals surface area contributed by atoms with Gasteiger partial charge in [0.25, 0.3) is 0 Å². The molecule has 0 radical (unpaired) electrons. The van der Waals surface area contributed by atoms with Crippen LogP contribution in [0.1, 0.15) is 32.3 Å². The number of benzene rings is 1. The summed E-state index contributed by atoms with van der Waals surface area (Å²) in [6.07, 6.45) is 1.87. The van der Waals surface area contributed by atoms with Crippen molar-refractivity contribution in [1.82, 2.24) is 5.32 Å². The first kappa shape index (κ1) is 16.0. The Labute approximate surface area is 119 Å². The fourth-order valence-corrected chi connectivity index (χ4v) is 1.76. The number of oxime groups is 1. The van der Waals surface area contributed by atoms with Crippen molar-refractivity contribution in [2.24, 2.45) is 11.1 Å². The summed E-state index contributed by atoms with van der Waals surface area (Å²) >= 11 is 0. The molecule has 1 rings (SSSR count). The fraction of sp³-hybridized carbons (Fsp3) is 0.467. The zero-order valence-electron chi connectivity index (χ0n) is 12.0. The number of hydrogen-bond acceptors (Lipinski definition) is 4. The molecule has 0 aliphatic rings. The van der Waals surface area contributed by atoms with Crippen LogP contribution < -0.4 is 5.32 Å². The Kier molecular flexibility index (Phi) is 7.17. The van der Waals surface area contributed by atoms with Gasteiger partial charge in [0.05, 0.1) is 6.61 Å². The van der Waals surface area contributed by atoms with Crippen molar-refractivity contribution in [3.8, 4) is 0 Å². The van der Waals surface area contributed by atoms with E-state index in [2.05, 4.69) is 10.5 Å². The molecule has 1 amide bonds. The molecule has 0 bridgehead atoms. The minimum absolute atomic E-state index is 0.110. The summed E-state index contributed by atoms with van der Waals surface area (Å²) in [4.78, 5) is 11.5. The highest BCUT2D eigenvalue weighted by atomic mass is 16.5. The molecule has 1 unspecified atom stereocenters. The molecule has 0 aliphatic heterocycles. The van der Waals surface area contributed by atoms with Crippen molar-refractivity contribution in [3.63, 3.8) is 0 Å². The van der Waals surface area contributed by atoms with Crippen LogP contribution in [0.15, 0.2) is 35.5 Å². The van der Waals surface area contributed by atoms with Crippen molar-refractivity contribution >= 4 is 11.9 Å². The van der Waals surface area contributed by atoms with E-state index in [0.717, 1.165) is 18.4 Å². The second-order valence-corrected chi connectivity index (χ2v) is 4.69. The molecule has 5 heteroatoms. The molecule has 0 aromatic heterocycles. The van der Waals surface area contributed by atoms with Gasteiger partial charge >= 0.3 is 6.09 Å². The maximum absolute atomic E-state index is 11.5. The van der Waals surface area contributed by atoms with E-state index >= 15 is 0 Å². The Morgan fingerprint density at radius 2 is 2.10 bits per heavy atom. The van der Waals surface area contributed by atoms with E-state index in [4.69, 9.17) is 9.94 Å². The van der Waals surface area contributed by atoms with E-state index in [-0.39, 0.29) is 11.8 Å². The molecule has 0 aliphatic carbocycles. The lowest BCUT2D eigenvalue weighted by Gasteiger charge is -2.14. The molecule has 20 heavy (non-hydrogen) atoms. The first-order valence-corrected chi connectivity index (χ1v) is 6.87. The van der Waals surface area contributed by atoms with Gasteiger partial charge in [-0.2, -0.15) is 0 Å². The Bertz CT molecular complexity index is 432. The zero-order valence-corrected chi connectivity index (χ0v) is 12.0. The van der Waals surface area contributed by atoms with Crippen LogP contribution in [-0.4, -0.2) is 23.7 Å². The van der Waals surface area contributed by atoms with E-state index in [9.17, 15) is 4.79 Å². The molecule has 0 fully saturated rings. The summed E-state index contributed by atoms with van der Waals surface area (Å²) in [6, 6.07) is 9.82. The monoisotopic (exact) mass is 278 g/mol. The maximum Gasteiger partial charge on any atom is 0.412 e. The number of unbranched alkanes of at least 4 members (excludes halogenated alkanes) is 1. The van der Waals surface area contributed by atoms with Gasteiger partial charge in [-0.1, -0.05) is 55.8 Å². The smallest absolute Gasteiger partial charge is 0.412 e. The van der Waals surface area contributed by atoms with Crippen LogP contribution in [-0.2, 0) is 11.2 Å². The number of amidine groups is 1. The molecule has 0 heterocycles. The molecular formula is C15H22N2O3. The number of carbonyl (C=O) groups excluding carboxylic acids is 1. The van der Waals surface area contributed by atoms with E-state index in [0.29, 0.717) is 13.0 Å². The average molecular weight is 278 g/mol. The zero-order chi connectivity index (χ0) is 14.8. The summed E-state index contributed by atoms with van der Waals surface area (Å²) in [5.74, 6) is 0.108. The largest absolute Gasteiger partial charge is 0.449 e. The topological polar surface area (TPSA) is 70.9 Å². The molecule has 1 aromatic carbocycles. The first-order valence-electron chi connectivity index (χ1n) is 6.87. The lowest BCUT2D eigenvalue weighted by Crippen LogP contribution is -2.36. The lowest BCUT2D eigenvalue weighted by atomic mass is 10.0. The normalized spacial score (nSPS) is 12.8. The van der Waals surface area contributed by atoms with Crippen molar-refractivity contribution in [2.45, 2.75) is 33.1 Å². The van der Waals surface area contributed by atoms with Gasteiger partial charge in [0.1, 0.15) is 0 Å². The molecule has 5 nitrogen and oxygen atoms in total. The number of carbonyl (C=O) groups is 1. The minimum atomic E-state index is -0.578. The maximum atomic E-state index is 11.5. The van der Waals surface area contributed by atoms with Gasteiger partial charge in [-0.15, -0.1) is 0 Å². The Morgan fingerprint density at radius 3 is 2.70 bits per heavy atom. The number of rotatable bonds is 6. The molecular weight excluding hydrogens is 256 g/mol. The Morgan fingerprint density at radius 1 is 1.40 bits per heavy atom. The first-order chi connectivity index (χ1) is 9.67. The van der Waals surface area contributed by atoms with Crippen molar-refractivity contribution in [3.05, 3.63) is 35.9 Å². The third-order valence-corrected chi connectivity index (χ3v) is 2.92. The summed E-state index contributed by atoms with van der Waals surface area (Å²) in [5, 5.41) is 14.7. The molecule has 2 N–H and O–H groups in total. The number of hydrogen-bond donors (Lipinski definition) is 2. The number of ether oxygens (including phenoxy) is 1. The van der Waals surface area contributed by atoms with Crippen LogP contribution in [0.2, 0.25) is 0 Å². The highest BCUT2D eigenvalue weighted by Gasteiger charge is 2.15. The van der Waals surface area contributed by atoms with E-state index < -0.39 is 6.09 Å². The SMILES string of the molecule is CCCCOC(=O)NC(=NO)C(C)Cc1ccccc1. The van der Waals surface area contributed by atoms with Crippen LogP contribution in [0.3, 0.4) is 0 Å². The van der Waals surface area contributed by atoms with Gasteiger partial charge in [0.2, 0.25) is 0 Å². The number of nitrogens with one attached hydrogen (secondary N) is 1. The molecule has 0 saturated heterocycles. The van der Waals surface area contributed by atoms with Crippen LogP contribution in [0.5, 0.6) is 0 Å². The number of alkyl carbamates (subject to hydrolysis) is 1. The third kappa shape index (κ3) is 5.73. The van der Waals surface area contributed by atoms with Crippen molar-refractivity contribution in [2.75, 3.05) is 6.61 Å². The van der Waals surface area contributed by atoms with Gasteiger partial charge in [-0.3, -0.25) is 5.32 Å². The second kappa shape index (κ2) is 8.96. The van der Waals surface area contributed by atoms with Gasteiger partial charge < -0.3 is 9.94 Å². The Hall–Kier alpha value is -2.04. The summed E-state index contributed by atoms with van der Waals surface area (Å²) in [7, 11) is 0. The van der Waals surface area contributed by atoms with Crippen LogP contribution in [0, 0.1) is 5.92 Å². The standard InChI is InChI=1S/C15H22N2O3/c1-3-4-10-20-15(18)16-14(17-19)12(2)11-13-8-6-5-7-9-13/h5-9,12,19H,3-4,10-11H2,1-2H3,(H,16,17,18). The van der Waals surface area contributed by atoms with Crippen LogP contribution in [0.4, 0.5) is 4.79 Å². The number of amides is 1. The highest BCUT2D eigenvalue weighted by molar-refractivity contribution is 5.96. The van der Waals surface area contributed by atoms with Gasteiger partial charge in [-0.25, -0.2) is 4.79 Å². The Balaban J connectivity index is 2.47. The van der Waals surface area contributed by atoms with Gasteiger partial charge in [0, 0.05) is 5.92 Å². The van der Waals surface area contributed by atoms with Crippen molar-refractivity contribution in [1.29, 1.82) is 0 Å². The predicted octanol–water partition coefficient (Wildman–Crippen LogP) is 3.18. The van der Waals surface area contributed by atoms with Gasteiger partial charge in [-0.05, 0) is 18.4 Å². The minimum Gasteiger partial charge on any atom is -0.449 e. The predicted molar refractivity (Wildman–Crippen MR) is 77.9 cm³/mol. The molecule has 110 valence electrons. The fourth-order valence-electron chi connectivity index (χ4n) is 1.76. The lowest BCUT2D eigenvalue weighted by molar-refractivity contribution is 0.149. The molecule has 1 aromatic rings. The molecule has 0 saturated carbocycles. The summed E-state index contributed by atoms with van der Waals surface area (Å²) in [6.45, 7) is 4.27. The average Bonchev–Trinajstić information content (AvgIpc) is 2.46. The number of nitrogens with zero attached hydrogens (tertiary/aromatic N) is 1. The van der Waals surface area contributed by atoms with Crippen molar-refractivity contribution < 1.29 is 14.7 Å².